The maximum absolute atomic E-state index is 13.1. The molecule has 0 atom stereocenters. The van der Waals surface area contributed by atoms with Crippen molar-refractivity contribution in [3.63, 3.8) is 0 Å². The van der Waals surface area contributed by atoms with E-state index in [1.165, 1.54) is 33.4 Å². The molecule has 1 aliphatic rings. The molecule has 196 valence electrons. The fraction of sp³-hybridized carbons (Fsp3) is 0.357. The first-order chi connectivity index (χ1) is 17.6. The molecular formula is C28H34N4O3S2. The third kappa shape index (κ3) is 7.41. The number of pyridine rings is 1. The Bertz CT molecular complexity index is 1280. The van der Waals surface area contributed by atoms with Gasteiger partial charge in [0.1, 0.15) is 4.90 Å². The molecule has 0 bridgehead atoms. The summed E-state index contributed by atoms with van der Waals surface area (Å²) in [4.78, 5) is 19.1. The fourth-order valence-electron chi connectivity index (χ4n) is 4.11. The Balaban J connectivity index is 1.26. The van der Waals surface area contributed by atoms with Crippen molar-refractivity contribution >= 4 is 33.4 Å². The van der Waals surface area contributed by atoms with Crippen LogP contribution in [-0.2, 0) is 26.8 Å². The highest BCUT2D eigenvalue weighted by Crippen LogP contribution is 2.24. The highest BCUT2D eigenvalue weighted by atomic mass is 32.2. The molecule has 1 aromatic heterocycles. The molecule has 0 aliphatic carbocycles. The van der Waals surface area contributed by atoms with Crippen LogP contribution in [0.5, 0.6) is 0 Å². The number of hydrogen-bond acceptors (Lipinski definition) is 6. The van der Waals surface area contributed by atoms with Crippen molar-refractivity contribution in [3.8, 4) is 0 Å². The number of hydrogen-bond donors (Lipinski definition) is 1. The molecule has 37 heavy (non-hydrogen) atoms. The second-order valence-corrected chi connectivity index (χ2v) is 13.1. The van der Waals surface area contributed by atoms with E-state index in [9.17, 15) is 13.2 Å². The Morgan fingerprint density at radius 3 is 2.22 bits per heavy atom. The van der Waals surface area contributed by atoms with Crippen LogP contribution in [0.25, 0.3) is 0 Å². The quantitative estimate of drug-likeness (QED) is 0.422. The van der Waals surface area contributed by atoms with Crippen molar-refractivity contribution in [1.29, 1.82) is 0 Å². The zero-order chi connectivity index (χ0) is 26.5. The van der Waals surface area contributed by atoms with E-state index in [-0.39, 0.29) is 22.0 Å². The molecular weight excluding hydrogens is 504 g/mol. The van der Waals surface area contributed by atoms with E-state index in [2.05, 4.69) is 48.1 Å². The Morgan fingerprint density at radius 2 is 1.62 bits per heavy atom. The van der Waals surface area contributed by atoms with E-state index in [0.29, 0.717) is 31.2 Å². The van der Waals surface area contributed by atoms with Gasteiger partial charge in [-0.05, 0) is 40.8 Å². The third-order valence-corrected chi connectivity index (χ3v) is 9.14. The summed E-state index contributed by atoms with van der Waals surface area (Å²) in [6, 6.07) is 21.3. The Labute approximate surface area is 224 Å². The molecule has 0 unspecified atom stereocenters. The Kier molecular flexibility index (Phi) is 8.69. The molecule has 0 radical (unpaired) electrons. The van der Waals surface area contributed by atoms with E-state index in [0.717, 1.165) is 12.2 Å². The van der Waals surface area contributed by atoms with E-state index in [1.807, 2.05) is 42.5 Å². The predicted molar refractivity (Wildman–Crippen MR) is 149 cm³/mol. The number of carbonyl (C=O) groups excluding carboxylic acids is 1. The van der Waals surface area contributed by atoms with Gasteiger partial charge in [-0.25, -0.2) is 13.4 Å². The number of rotatable bonds is 8. The summed E-state index contributed by atoms with van der Waals surface area (Å²) in [7, 11) is -3.61. The third-order valence-electron chi connectivity index (χ3n) is 6.31. The lowest BCUT2D eigenvalue weighted by Gasteiger charge is -2.33. The first kappa shape index (κ1) is 27.3. The number of piperazine rings is 1. The van der Waals surface area contributed by atoms with Crippen LogP contribution in [0, 0.1) is 0 Å². The number of carbonyl (C=O) groups is 1. The van der Waals surface area contributed by atoms with Crippen LogP contribution >= 0.6 is 11.8 Å². The summed E-state index contributed by atoms with van der Waals surface area (Å²) in [5, 5.41) is 3.50. The molecule has 1 fully saturated rings. The van der Waals surface area contributed by atoms with Crippen LogP contribution in [0.2, 0.25) is 0 Å². The summed E-state index contributed by atoms with van der Waals surface area (Å²) in [6.07, 6.45) is 1.39. The summed E-state index contributed by atoms with van der Waals surface area (Å²) < 4.78 is 27.8. The zero-order valence-electron chi connectivity index (χ0n) is 21.6. The van der Waals surface area contributed by atoms with Crippen molar-refractivity contribution in [2.45, 2.75) is 42.7 Å². The molecule has 7 nitrogen and oxygen atoms in total. The summed E-state index contributed by atoms with van der Waals surface area (Å²) in [6.45, 7) is 9.52. The average Bonchev–Trinajstić information content (AvgIpc) is 2.88. The van der Waals surface area contributed by atoms with Gasteiger partial charge in [0, 0.05) is 44.6 Å². The van der Waals surface area contributed by atoms with E-state index >= 15 is 0 Å². The van der Waals surface area contributed by atoms with Crippen molar-refractivity contribution in [2.24, 2.45) is 0 Å². The second-order valence-electron chi connectivity index (χ2n) is 10.2. The van der Waals surface area contributed by atoms with Gasteiger partial charge in [0.25, 0.3) is 0 Å². The molecule has 9 heteroatoms. The minimum atomic E-state index is -3.61. The van der Waals surface area contributed by atoms with Gasteiger partial charge in [-0.2, -0.15) is 4.31 Å². The van der Waals surface area contributed by atoms with Crippen LogP contribution < -0.4 is 5.32 Å². The summed E-state index contributed by atoms with van der Waals surface area (Å²) in [5.74, 6) is 0.0455. The molecule has 0 spiro atoms. The standard InChI is InChI=1S/C28H34N4O3S2/c1-28(2,3)23-9-11-24(12-10-23)30-26(33)21-36-27-14-13-25(19-29-27)37(34,35)32-17-15-31(16-18-32)20-22-7-5-4-6-8-22/h4-14,19H,15-18,20-21H2,1-3H3,(H,30,33). The lowest BCUT2D eigenvalue weighted by atomic mass is 9.87. The van der Waals surface area contributed by atoms with Gasteiger partial charge in [-0.15, -0.1) is 0 Å². The maximum Gasteiger partial charge on any atom is 0.244 e. The molecule has 4 rings (SSSR count). The molecule has 1 amide bonds. The average molecular weight is 539 g/mol. The van der Waals surface area contributed by atoms with Gasteiger partial charge in [0.2, 0.25) is 15.9 Å². The van der Waals surface area contributed by atoms with Gasteiger partial charge in [-0.3, -0.25) is 9.69 Å². The number of thioether (sulfide) groups is 1. The van der Waals surface area contributed by atoms with E-state index in [4.69, 9.17) is 0 Å². The minimum absolute atomic E-state index is 0.0560. The smallest absolute Gasteiger partial charge is 0.244 e. The number of anilines is 1. The van der Waals surface area contributed by atoms with Gasteiger partial charge >= 0.3 is 0 Å². The fourth-order valence-corrected chi connectivity index (χ4v) is 6.12. The maximum atomic E-state index is 13.1. The number of aromatic nitrogens is 1. The number of nitrogens with one attached hydrogen (secondary N) is 1. The number of nitrogens with zero attached hydrogens (tertiary/aromatic N) is 3. The zero-order valence-corrected chi connectivity index (χ0v) is 23.2. The first-order valence-electron chi connectivity index (χ1n) is 12.4. The lowest BCUT2D eigenvalue weighted by molar-refractivity contribution is -0.113. The van der Waals surface area contributed by atoms with Crippen LogP contribution in [0.1, 0.15) is 31.9 Å². The van der Waals surface area contributed by atoms with Gasteiger partial charge in [0.15, 0.2) is 0 Å². The largest absolute Gasteiger partial charge is 0.325 e. The molecule has 1 aliphatic heterocycles. The van der Waals surface area contributed by atoms with Gasteiger partial charge < -0.3 is 5.32 Å². The minimum Gasteiger partial charge on any atom is -0.325 e. The first-order valence-corrected chi connectivity index (χ1v) is 14.8. The van der Waals surface area contributed by atoms with Crippen molar-refractivity contribution in [2.75, 3.05) is 37.2 Å². The van der Waals surface area contributed by atoms with E-state index in [1.54, 1.807) is 12.1 Å². The number of sulfonamides is 1. The topological polar surface area (TPSA) is 82.6 Å². The van der Waals surface area contributed by atoms with Crippen molar-refractivity contribution in [1.82, 2.24) is 14.2 Å². The summed E-state index contributed by atoms with van der Waals surface area (Å²) >= 11 is 1.27. The predicted octanol–water partition coefficient (Wildman–Crippen LogP) is 4.62. The molecule has 3 aromatic rings. The number of amides is 1. The molecule has 1 N–H and O–H groups in total. The SMILES string of the molecule is CC(C)(C)c1ccc(NC(=O)CSc2ccc(S(=O)(=O)N3CCN(Cc4ccccc4)CC3)cn2)cc1. The summed E-state index contributed by atoms with van der Waals surface area (Å²) in [5.41, 5.74) is 3.23. The number of benzene rings is 2. The highest BCUT2D eigenvalue weighted by molar-refractivity contribution is 7.99. The van der Waals surface area contributed by atoms with Crippen LogP contribution in [0.15, 0.2) is 82.8 Å². The van der Waals surface area contributed by atoms with Crippen LogP contribution in [0.3, 0.4) is 0 Å². The van der Waals surface area contributed by atoms with E-state index < -0.39 is 10.0 Å². The Morgan fingerprint density at radius 1 is 0.946 bits per heavy atom. The van der Waals surface area contributed by atoms with Gasteiger partial charge in [0.05, 0.1) is 10.8 Å². The second kappa shape index (κ2) is 11.8. The van der Waals surface area contributed by atoms with Crippen LogP contribution in [-0.4, -0.2) is 60.4 Å². The molecule has 2 aromatic carbocycles. The lowest BCUT2D eigenvalue weighted by Crippen LogP contribution is -2.48. The van der Waals surface area contributed by atoms with Crippen LogP contribution in [0.4, 0.5) is 5.69 Å². The normalized spacial score (nSPS) is 15.4. The monoisotopic (exact) mass is 538 g/mol. The Hall–Kier alpha value is -2.72. The van der Waals surface area contributed by atoms with Crippen molar-refractivity contribution < 1.29 is 13.2 Å². The highest BCUT2D eigenvalue weighted by Gasteiger charge is 2.28. The molecule has 2 heterocycles. The van der Waals surface area contributed by atoms with Crippen molar-refractivity contribution in [3.05, 3.63) is 84.1 Å². The van der Waals surface area contributed by atoms with Gasteiger partial charge in [-0.1, -0.05) is 75.0 Å². The molecule has 0 saturated carbocycles. The molecule has 1 saturated heterocycles.